The van der Waals surface area contributed by atoms with Gasteiger partial charge in [0.15, 0.2) is 0 Å². The largest absolute Gasteiger partial charge is 0.480 e. The molecule has 7 nitrogen and oxygen atoms in total. The molecule has 0 bridgehead atoms. The Morgan fingerprint density at radius 3 is 2.31 bits per heavy atom. The Kier molecular flexibility index (Phi) is 6.44. The number of hydrogen-bond donors (Lipinski definition) is 2. The molecule has 1 heterocycles. The van der Waals surface area contributed by atoms with Crippen LogP contribution in [-0.2, 0) is 14.3 Å². The molecular weight excluding hydrogens is 408 g/mol. The van der Waals surface area contributed by atoms with E-state index in [1.54, 1.807) is 6.92 Å². The summed E-state index contributed by atoms with van der Waals surface area (Å²) >= 11 is 0. The molecule has 1 saturated heterocycles. The van der Waals surface area contributed by atoms with Gasteiger partial charge in [0.1, 0.15) is 12.6 Å². The molecule has 2 aromatic rings. The number of ether oxygens (including phenoxy) is 1. The van der Waals surface area contributed by atoms with Crippen LogP contribution in [0.25, 0.3) is 11.1 Å². The molecule has 7 heteroatoms. The maximum Gasteiger partial charge on any atom is 0.407 e. The van der Waals surface area contributed by atoms with E-state index in [2.05, 4.69) is 29.6 Å². The van der Waals surface area contributed by atoms with Crippen LogP contribution in [0.5, 0.6) is 0 Å². The van der Waals surface area contributed by atoms with Crippen molar-refractivity contribution in [2.24, 2.45) is 0 Å². The highest BCUT2D eigenvalue weighted by Crippen LogP contribution is 2.44. The number of nitrogens with one attached hydrogen (secondary N) is 1. The highest BCUT2D eigenvalue weighted by molar-refractivity contribution is 5.84. The summed E-state index contributed by atoms with van der Waals surface area (Å²) in [6, 6.07) is 15.0. The van der Waals surface area contributed by atoms with Crippen molar-refractivity contribution in [3.05, 3.63) is 59.7 Å². The fourth-order valence-corrected chi connectivity index (χ4v) is 4.76. The topological polar surface area (TPSA) is 95.9 Å². The lowest BCUT2D eigenvalue weighted by molar-refractivity contribution is -0.152. The number of amides is 2. The smallest absolute Gasteiger partial charge is 0.407 e. The van der Waals surface area contributed by atoms with Crippen LogP contribution in [-0.4, -0.2) is 53.2 Å². The number of rotatable bonds is 6. The summed E-state index contributed by atoms with van der Waals surface area (Å²) in [6.07, 6.45) is 1.52. The predicted molar refractivity (Wildman–Crippen MR) is 119 cm³/mol. The highest BCUT2D eigenvalue weighted by Gasteiger charge is 2.33. The first kappa shape index (κ1) is 21.9. The zero-order valence-electron chi connectivity index (χ0n) is 18.1. The van der Waals surface area contributed by atoms with E-state index in [1.807, 2.05) is 24.3 Å². The number of benzene rings is 2. The Morgan fingerprint density at radius 2 is 1.69 bits per heavy atom. The number of nitrogens with zero attached hydrogens (tertiary/aromatic N) is 1. The van der Waals surface area contributed by atoms with Gasteiger partial charge < -0.3 is 20.1 Å². The van der Waals surface area contributed by atoms with E-state index in [9.17, 15) is 19.5 Å². The Labute approximate surface area is 187 Å². The number of likely N-dealkylation sites (tertiary alicyclic amines) is 1. The van der Waals surface area contributed by atoms with Gasteiger partial charge in [-0.1, -0.05) is 48.5 Å². The van der Waals surface area contributed by atoms with E-state index in [-0.39, 0.29) is 24.9 Å². The van der Waals surface area contributed by atoms with Gasteiger partial charge in [-0.3, -0.25) is 4.79 Å². The van der Waals surface area contributed by atoms with Crippen LogP contribution < -0.4 is 5.32 Å². The third-order valence-corrected chi connectivity index (χ3v) is 6.30. The van der Waals surface area contributed by atoms with Gasteiger partial charge in [-0.25, -0.2) is 9.59 Å². The molecule has 1 aliphatic carbocycles. The number of carbonyl (C=O) groups is 3. The number of aliphatic carboxylic acids is 1. The molecule has 0 spiro atoms. The maximum absolute atomic E-state index is 12.6. The zero-order chi connectivity index (χ0) is 22.7. The number of carbonyl (C=O) groups excluding carboxylic acids is 2. The Balaban J connectivity index is 1.32. The quantitative estimate of drug-likeness (QED) is 0.719. The van der Waals surface area contributed by atoms with Crippen molar-refractivity contribution in [1.29, 1.82) is 0 Å². The summed E-state index contributed by atoms with van der Waals surface area (Å²) in [7, 11) is 0. The van der Waals surface area contributed by atoms with E-state index in [1.165, 1.54) is 4.90 Å². The van der Waals surface area contributed by atoms with Crippen molar-refractivity contribution in [1.82, 2.24) is 10.2 Å². The van der Waals surface area contributed by atoms with Crippen LogP contribution in [0.4, 0.5) is 4.79 Å². The minimum absolute atomic E-state index is 0.0326. The third-order valence-electron chi connectivity index (χ3n) is 6.30. The van der Waals surface area contributed by atoms with Gasteiger partial charge >= 0.3 is 12.1 Å². The second-order valence-electron chi connectivity index (χ2n) is 8.51. The normalized spacial score (nSPS) is 18.4. The van der Waals surface area contributed by atoms with Crippen molar-refractivity contribution >= 4 is 18.0 Å². The van der Waals surface area contributed by atoms with E-state index in [0.29, 0.717) is 13.0 Å². The summed E-state index contributed by atoms with van der Waals surface area (Å²) in [5, 5.41) is 12.1. The minimum atomic E-state index is -0.977. The molecule has 4 rings (SSSR count). The lowest BCUT2D eigenvalue weighted by Gasteiger charge is -2.33. The van der Waals surface area contributed by atoms with Crippen LogP contribution >= 0.6 is 0 Å². The van der Waals surface area contributed by atoms with E-state index in [0.717, 1.165) is 35.1 Å². The summed E-state index contributed by atoms with van der Waals surface area (Å²) < 4.78 is 5.53. The van der Waals surface area contributed by atoms with Crippen LogP contribution in [0, 0.1) is 0 Å². The van der Waals surface area contributed by atoms with Crippen molar-refractivity contribution < 1.29 is 24.2 Å². The van der Waals surface area contributed by atoms with E-state index in [4.69, 9.17) is 4.74 Å². The molecule has 0 aromatic heterocycles. The molecule has 32 heavy (non-hydrogen) atoms. The molecule has 1 fully saturated rings. The molecule has 0 unspecified atom stereocenters. The number of carboxylic acid groups (broad SMARTS) is 1. The summed E-state index contributed by atoms with van der Waals surface area (Å²) in [4.78, 5) is 37.9. The standard InChI is InChI=1S/C25H28N2O5/c1-16(14-23(28)27-13-7-6-12-22(27)24(29)30)26-25(31)32-15-21-19-10-4-2-8-17(19)18-9-3-5-11-20(18)21/h2-5,8-11,16,21-22H,6-7,12-15H2,1H3,(H,26,31)(H,29,30)/t16-,22-/m1/s1. The monoisotopic (exact) mass is 436 g/mol. The van der Waals surface area contributed by atoms with Gasteiger partial charge in [0.2, 0.25) is 5.91 Å². The van der Waals surface area contributed by atoms with Crippen molar-refractivity contribution in [2.75, 3.05) is 13.2 Å². The molecule has 1 aliphatic heterocycles. The van der Waals surface area contributed by atoms with Crippen LogP contribution in [0.2, 0.25) is 0 Å². The molecule has 2 N–H and O–H groups in total. The average molecular weight is 437 g/mol. The maximum atomic E-state index is 12.6. The molecule has 168 valence electrons. The first-order valence-electron chi connectivity index (χ1n) is 11.1. The van der Waals surface area contributed by atoms with Crippen LogP contribution in [0.15, 0.2) is 48.5 Å². The van der Waals surface area contributed by atoms with Crippen molar-refractivity contribution in [2.45, 2.75) is 50.6 Å². The Bertz CT molecular complexity index is 975. The third kappa shape index (κ3) is 4.47. The Hall–Kier alpha value is -3.35. The summed E-state index contributed by atoms with van der Waals surface area (Å²) in [5.41, 5.74) is 4.58. The van der Waals surface area contributed by atoms with Crippen molar-refractivity contribution in [3.8, 4) is 11.1 Å². The number of alkyl carbamates (subject to hydrolysis) is 1. The van der Waals surface area contributed by atoms with Crippen LogP contribution in [0.1, 0.15) is 49.7 Å². The first-order chi connectivity index (χ1) is 15.5. The molecule has 2 amide bonds. The van der Waals surface area contributed by atoms with Gasteiger partial charge in [-0.2, -0.15) is 0 Å². The van der Waals surface area contributed by atoms with E-state index < -0.39 is 24.1 Å². The zero-order valence-corrected chi connectivity index (χ0v) is 18.1. The molecule has 2 atom stereocenters. The van der Waals surface area contributed by atoms with Gasteiger partial charge in [-0.05, 0) is 48.4 Å². The molecule has 2 aliphatic rings. The average Bonchev–Trinajstić information content (AvgIpc) is 3.11. The summed E-state index contributed by atoms with van der Waals surface area (Å²) in [6.45, 7) is 2.36. The van der Waals surface area contributed by atoms with Gasteiger partial charge in [0.05, 0.1) is 0 Å². The van der Waals surface area contributed by atoms with Crippen LogP contribution in [0.3, 0.4) is 0 Å². The number of fused-ring (bicyclic) bond motifs is 3. The lowest BCUT2D eigenvalue weighted by atomic mass is 9.98. The Morgan fingerprint density at radius 1 is 1.06 bits per heavy atom. The fraction of sp³-hybridized carbons (Fsp3) is 0.400. The summed E-state index contributed by atoms with van der Waals surface area (Å²) in [5.74, 6) is -1.27. The number of hydrogen-bond acceptors (Lipinski definition) is 4. The highest BCUT2D eigenvalue weighted by atomic mass is 16.5. The van der Waals surface area contributed by atoms with Crippen molar-refractivity contribution in [3.63, 3.8) is 0 Å². The van der Waals surface area contributed by atoms with Gasteiger partial charge in [0.25, 0.3) is 0 Å². The second-order valence-corrected chi connectivity index (χ2v) is 8.51. The minimum Gasteiger partial charge on any atom is -0.480 e. The first-order valence-corrected chi connectivity index (χ1v) is 11.1. The van der Waals surface area contributed by atoms with E-state index >= 15 is 0 Å². The predicted octanol–water partition coefficient (Wildman–Crippen LogP) is 3.77. The number of piperidine rings is 1. The molecule has 0 saturated carbocycles. The number of carboxylic acids is 1. The second kappa shape index (κ2) is 9.42. The molecular formula is C25H28N2O5. The van der Waals surface area contributed by atoms with Gasteiger partial charge in [-0.15, -0.1) is 0 Å². The fourth-order valence-electron chi connectivity index (χ4n) is 4.76. The SMILES string of the molecule is C[C@H](CC(=O)N1CCCC[C@@H]1C(=O)O)NC(=O)OCC1c2ccccc2-c2ccccc21. The molecule has 2 aromatic carbocycles. The lowest BCUT2D eigenvalue weighted by Crippen LogP contribution is -2.49. The van der Waals surface area contributed by atoms with Gasteiger partial charge in [0, 0.05) is 24.9 Å². The molecule has 0 radical (unpaired) electrons.